The average Bonchev–Trinajstić information content (AvgIpc) is 2.87. The Morgan fingerprint density at radius 3 is 2.80 bits per heavy atom. The molecule has 25 heavy (non-hydrogen) atoms. The lowest BCUT2D eigenvalue weighted by molar-refractivity contribution is -0.0378. The number of halogens is 1. The van der Waals surface area contributed by atoms with Crippen LogP contribution < -0.4 is 0 Å². The summed E-state index contributed by atoms with van der Waals surface area (Å²) in [5, 5.41) is 20.4. The van der Waals surface area contributed by atoms with Gasteiger partial charge in [-0.15, -0.1) is 0 Å². The average molecular weight is 343 g/mol. The quantitative estimate of drug-likeness (QED) is 0.561. The van der Waals surface area contributed by atoms with Gasteiger partial charge in [-0.05, 0) is 49.2 Å². The Balaban J connectivity index is 1.81. The molecular formula is C21H26FNO2. The van der Waals surface area contributed by atoms with Gasteiger partial charge in [-0.3, -0.25) is 0 Å². The molecule has 0 heterocycles. The summed E-state index contributed by atoms with van der Waals surface area (Å²) < 4.78 is 20.5. The summed E-state index contributed by atoms with van der Waals surface area (Å²) >= 11 is 0. The second-order valence-corrected chi connectivity index (χ2v) is 8.67. The third-order valence-electron chi connectivity index (χ3n) is 7.76. The van der Waals surface area contributed by atoms with Crippen molar-refractivity contribution in [3.05, 3.63) is 34.9 Å². The molecule has 0 aromatic carbocycles. The number of allylic oxidation sites excluding steroid dienone is 6. The molecule has 4 aliphatic rings. The first kappa shape index (κ1) is 16.8. The molecule has 0 bridgehead atoms. The van der Waals surface area contributed by atoms with E-state index in [1.54, 1.807) is 7.11 Å². The van der Waals surface area contributed by atoms with E-state index in [0.717, 1.165) is 30.6 Å². The normalized spacial score (nSPS) is 45.6. The second-order valence-electron chi connectivity index (χ2n) is 8.67. The highest BCUT2D eigenvalue weighted by atomic mass is 19.1. The molecule has 1 N–H and O–H groups in total. The van der Waals surface area contributed by atoms with Crippen LogP contribution in [0.25, 0.3) is 0 Å². The zero-order valence-corrected chi connectivity index (χ0v) is 15.2. The van der Waals surface area contributed by atoms with Crippen LogP contribution in [-0.4, -0.2) is 17.8 Å². The highest BCUT2D eigenvalue weighted by Gasteiger charge is 2.62. The van der Waals surface area contributed by atoms with Crippen molar-refractivity contribution < 1.29 is 14.2 Å². The van der Waals surface area contributed by atoms with Crippen molar-refractivity contribution in [3.63, 3.8) is 0 Å². The first-order valence-electron chi connectivity index (χ1n) is 9.27. The number of methoxy groups -OCH3 is 1. The maximum absolute atomic E-state index is 15.1. The van der Waals surface area contributed by atoms with E-state index in [9.17, 15) is 10.4 Å². The van der Waals surface area contributed by atoms with Gasteiger partial charge in [0, 0.05) is 23.7 Å². The standard InChI is InChI=1S/C21H26FNO2/c1-19-7-4-13(25-3)10-17(19)18(22)11-14-15(19)5-8-20(2)16(14)6-9-21(20,24)12-23/h5,10,14,16,24H,4,6-9,11H2,1-3H3/t14-,16+,19-,20+,21+/m1/s1. The molecule has 4 heteroatoms. The summed E-state index contributed by atoms with van der Waals surface area (Å²) in [6.45, 7) is 4.17. The molecule has 134 valence electrons. The van der Waals surface area contributed by atoms with Gasteiger partial charge in [-0.25, -0.2) is 4.39 Å². The minimum Gasteiger partial charge on any atom is -0.501 e. The van der Waals surface area contributed by atoms with E-state index in [-0.39, 0.29) is 23.1 Å². The topological polar surface area (TPSA) is 53.2 Å². The van der Waals surface area contributed by atoms with Crippen LogP contribution in [0, 0.1) is 34.0 Å². The number of fused-ring (bicyclic) bond motifs is 5. The summed E-state index contributed by atoms with van der Waals surface area (Å²) in [6, 6.07) is 2.16. The maximum Gasteiger partial charge on any atom is 0.156 e. The number of ether oxygens (including phenoxy) is 1. The fourth-order valence-corrected chi connectivity index (χ4v) is 6.04. The summed E-state index contributed by atoms with van der Waals surface area (Å²) in [4.78, 5) is 0. The third kappa shape index (κ3) is 1.99. The smallest absolute Gasteiger partial charge is 0.156 e. The molecule has 0 aromatic heterocycles. The van der Waals surface area contributed by atoms with Gasteiger partial charge in [0.05, 0.1) is 18.9 Å². The Morgan fingerprint density at radius 2 is 2.12 bits per heavy atom. The van der Waals surface area contributed by atoms with Crippen LogP contribution in [0.4, 0.5) is 4.39 Å². The Bertz CT molecular complexity index is 760. The van der Waals surface area contributed by atoms with Gasteiger partial charge in [0.2, 0.25) is 0 Å². The van der Waals surface area contributed by atoms with Gasteiger partial charge in [-0.1, -0.05) is 25.5 Å². The molecule has 0 aliphatic heterocycles. The highest BCUT2D eigenvalue weighted by molar-refractivity contribution is 5.47. The zero-order chi connectivity index (χ0) is 18.0. The fourth-order valence-electron chi connectivity index (χ4n) is 6.04. The maximum atomic E-state index is 15.1. The molecule has 3 nitrogen and oxygen atoms in total. The zero-order valence-electron chi connectivity index (χ0n) is 15.2. The summed E-state index contributed by atoms with van der Waals surface area (Å²) in [6.07, 6.45) is 8.13. The first-order valence-corrected chi connectivity index (χ1v) is 9.27. The van der Waals surface area contributed by atoms with Crippen LogP contribution >= 0.6 is 0 Å². The van der Waals surface area contributed by atoms with Crippen LogP contribution in [0.1, 0.15) is 52.4 Å². The lowest BCUT2D eigenvalue weighted by atomic mass is 9.52. The number of aliphatic hydroxyl groups is 1. The lowest BCUT2D eigenvalue weighted by Crippen LogP contribution is -2.49. The van der Waals surface area contributed by atoms with Crippen LogP contribution in [0.2, 0.25) is 0 Å². The Labute approximate surface area is 148 Å². The van der Waals surface area contributed by atoms with Crippen LogP contribution in [0.3, 0.4) is 0 Å². The molecule has 1 saturated carbocycles. The van der Waals surface area contributed by atoms with Crippen molar-refractivity contribution >= 4 is 0 Å². The van der Waals surface area contributed by atoms with E-state index >= 15 is 4.39 Å². The molecule has 4 rings (SSSR count). The lowest BCUT2D eigenvalue weighted by Gasteiger charge is -2.52. The second kappa shape index (κ2) is 5.20. The Kier molecular flexibility index (Phi) is 3.51. The molecule has 0 radical (unpaired) electrons. The van der Waals surface area contributed by atoms with Gasteiger partial charge in [0.1, 0.15) is 5.83 Å². The molecule has 0 aromatic rings. The first-order chi connectivity index (χ1) is 11.8. The monoisotopic (exact) mass is 343 g/mol. The molecule has 0 unspecified atom stereocenters. The van der Waals surface area contributed by atoms with Gasteiger partial charge in [0.15, 0.2) is 5.60 Å². The van der Waals surface area contributed by atoms with E-state index in [1.165, 1.54) is 5.57 Å². The highest BCUT2D eigenvalue weighted by Crippen LogP contribution is 2.65. The minimum absolute atomic E-state index is 0.0458. The van der Waals surface area contributed by atoms with Crippen molar-refractivity contribution in [2.24, 2.45) is 22.7 Å². The number of hydrogen-bond acceptors (Lipinski definition) is 3. The molecule has 1 fully saturated rings. The van der Waals surface area contributed by atoms with Crippen molar-refractivity contribution in [2.45, 2.75) is 58.0 Å². The third-order valence-corrected chi connectivity index (χ3v) is 7.76. The van der Waals surface area contributed by atoms with Gasteiger partial charge >= 0.3 is 0 Å². The molecule has 0 spiro atoms. The molecular weight excluding hydrogens is 317 g/mol. The van der Waals surface area contributed by atoms with E-state index in [4.69, 9.17) is 4.74 Å². The molecule has 4 aliphatic carbocycles. The largest absolute Gasteiger partial charge is 0.501 e. The molecule has 5 atom stereocenters. The molecule has 0 amide bonds. The summed E-state index contributed by atoms with van der Waals surface area (Å²) in [5.74, 6) is 1.05. The van der Waals surface area contributed by atoms with Crippen molar-refractivity contribution in [2.75, 3.05) is 7.11 Å². The Morgan fingerprint density at radius 1 is 1.36 bits per heavy atom. The molecule has 0 saturated heterocycles. The van der Waals surface area contributed by atoms with Gasteiger partial charge < -0.3 is 9.84 Å². The van der Waals surface area contributed by atoms with Gasteiger partial charge in [-0.2, -0.15) is 5.26 Å². The van der Waals surface area contributed by atoms with Crippen LogP contribution in [-0.2, 0) is 4.74 Å². The number of hydrogen-bond donors (Lipinski definition) is 1. The SMILES string of the molecule is COC1=CC2=C(F)C[C@@H]3C(=CC[C@@]4(C)[C@H]3CC[C@]4(O)C#N)[C@@]2(C)CC1. The van der Waals surface area contributed by atoms with E-state index in [1.807, 2.05) is 13.0 Å². The number of nitrogens with zero attached hydrogens (tertiary/aromatic N) is 1. The number of rotatable bonds is 1. The van der Waals surface area contributed by atoms with Crippen molar-refractivity contribution in [1.82, 2.24) is 0 Å². The number of nitriles is 1. The summed E-state index contributed by atoms with van der Waals surface area (Å²) in [5.41, 5.74) is 0.0300. The minimum atomic E-state index is -1.29. The predicted octanol–water partition coefficient (Wildman–Crippen LogP) is 4.56. The predicted molar refractivity (Wildman–Crippen MR) is 92.8 cm³/mol. The van der Waals surface area contributed by atoms with E-state index in [2.05, 4.69) is 19.1 Å². The van der Waals surface area contributed by atoms with E-state index < -0.39 is 11.0 Å². The fraction of sp³-hybridized carbons (Fsp3) is 0.667. The van der Waals surface area contributed by atoms with Crippen molar-refractivity contribution in [1.29, 1.82) is 5.26 Å². The van der Waals surface area contributed by atoms with Crippen LogP contribution in [0.15, 0.2) is 34.9 Å². The summed E-state index contributed by atoms with van der Waals surface area (Å²) in [7, 11) is 1.64. The Hall–Kier alpha value is -1.60. The van der Waals surface area contributed by atoms with Gasteiger partial charge in [0.25, 0.3) is 0 Å². The van der Waals surface area contributed by atoms with Crippen LogP contribution in [0.5, 0.6) is 0 Å². The van der Waals surface area contributed by atoms with Crippen molar-refractivity contribution in [3.8, 4) is 6.07 Å². The van der Waals surface area contributed by atoms with E-state index in [0.29, 0.717) is 19.3 Å².